The molecule has 0 aromatic heterocycles. The fourth-order valence-corrected chi connectivity index (χ4v) is 3.18. The third-order valence-electron chi connectivity index (χ3n) is 4.48. The molecule has 102 valence electrons. The van der Waals surface area contributed by atoms with Crippen molar-refractivity contribution < 1.29 is 4.79 Å². The van der Waals surface area contributed by atoms with E-state index in [0.717, 1.165) is 38.9 Å². The Labute approximate surface area is 110 Å². The first-order chi connectivity index (χ1) is 8.59. The van der Waals surface area contributed by atoms with Gasteiger partial charge in [0.2, 0.25) is 5.91 Å². The maximum absolute atomic E-state index is 12.2. The number of hydrogen-bond donors (Lipinski definition) is 2. The zero-order valence-electron chi connectivity index (χ0n) is 11.7. The van der Waals surface area contributed by atoms with E-state index in [1.807, 2.05) is 0 Å². The lowest BCUT2D eigenvalue weighted by atomic mass is 9.81. The summed E-state index contributed by atoms with van der Waals surface area (Å²) in [5.41, 5.74) is 1.68. The van der Waals surface area contributed by atoms with Crippen LogP contribution in [0.3, 0.4) is 0 Å². The third-order valence-corrected chi connectivity index (χ3v) is 4.48. The van der Waals surface area contributed by atoms with Gasteiger partial charge in [-0.05, 0) is 37.6 Å². The number of amides is 1. The topological polar surface area (TPSA) is 41.1 Å². The second-order valence-corrected chi connectivity index (χ2v) is 6.29. The van der Waals surface area contributed by atoms with E-state index < -0.39 is 0 Å². The summed E-state index contributed by atoms with van der Waals surface area (Å²) >= 11 is 0. The van der Waals surface area contributed by atoms with Gasteiger partial charge in [-0.3, -0.25) is 4.79 Å². The predicted molar refractivity (Wildman–Crippen MR) is 74.3 cm³/mol. The van der Waals surface area contributed by atoms with E-state index >= 15 is 0 Å². The standard InChI is InChI=1S/C15H26N2O/c1-15(2)8-3-4-13(15)14(18)17-11-7-12-5-9-16-10-6-12/h5,13,16H,3-4,6-11H2,1-2H3,(H,17,18). The summed E-state index contributed by atoms with van der Waals surface area (Å²) in [5.74, 6) is 0.492. The molecule has 1 heterocycles. The van der Waals surface area contributed by atoms with Crippen molar-refractivity contribution in [2.24, 2.45) is 11.3 Å². The second kappa shape index (κ2) is 5.87. The molecule has 0 aromatic carbocycles. The van der Waals surface area contributed by atoms with Gasteiger partial charge in [0, 0.05) is 19.0 Å². The van der Waals surface area contributed by atoms with Crippen LogP contribution in [-0.2, 0) is 4.79 Å². The number of carbonyl (C=O) groups is 1. The van der Waals surface area contributed by atoms with Crippen molar-refractivity contribution in [1.29, 1.82) is 0 Å². The van der Waals surface area contributed by atoms with Crippen molar-refractivity contribution in [1.82, 2.24) is 10.6 Å². The summed E-state index contributed by atoms with van der Waals surface area (Å²) in [5, 5.41) is 6.43. The lowest BCUT2D eigenvalue weighted by molar-refractivity contribution is -0.127. The van der Waals surface area contributed by atoms with Gasteiger partial charge in [-0.15, -0.1) is 0 Å². The average molecular weight is 250 g/mol. The fourth-order valence-electron chi connectivity index (χ4n) is 3.18. The van der Waals surface area contributed by atoms with E-state index in [0.29, 0.717) is 0 Å². The van der Waals surface area contributed by atoms with E-state index in [-0.39, 0.29) is 17.2 Å². The molecule has 18 heavy (non-hydrogen) atoms. The van der Waals surface area contributed by atoms with Gasteiger partial charge < -0.3 is 10.6 Å². The smallest absolute Gasteiger partial charge is 0.223 e. The monoisotopic (exact) mass is 250 g/mol. The molecule has 3 heteroatoms. The molecule has 2 aliphatic rings. The van der Waals surface area contributed by atoms with E-state index in [9.17, 15) is 4.79 Å². The summed E-state index contributed by atoms with van der Waals surface area (Å²) in [6.45, 7) is 7.31. The highest BCUT2D eigenvalue weighted by Gasteiger charge is 2.38. The van der Waals surface area contributed by atoms with Crippen molar-refractivity contribution in [2.45, 2.75) is 46.0 Å². The van der Waals surface area contributed by atoms with Crippen LogP contribution in [-0.4, -0.2) is 25.5 Å². The summed E-state index contributed by atoms with van der Waals surface area (Å²) in [4.78, 5) is 12.2. The molecule has 1 saturated carbocycles. The SMILES string of the molecule is CC1(C)CCCC1C(=O)NCCC1=CCNCC1. The van der Waals surface area contributed by atoms with Crippen LogP contribution in [0.15, 0.2) is 11.6 Å². The van der Waals surface area contributed by atoms with E-state index in [4.69, 9.17) is 0 Å². The van der Waals surface area contributed by atoms with Crippen LogP contribution < -0.4 is 10.6 Å². The highest BCUT2D eigenvalue weighted by atomic mass is 16.1. The molecule has 2 N–H and O–H groups in total. The van der Waals surface area contributed by atoms with E-state index in [1.54, 1.807) is 0 Å². The Morgan fingerprint density at radius 3 is 3.00 bits per heavy atom. The normalized spacial score (nSPS) is 26.8. The van der Waals surface area contributed by atoms with Gasteiger partial charge in [0.25, 0.3) is 0 Å². The van der Waals surface area contributed by atoms with Crippen molar-refractivity contribution in [2.75, 3.05) is 19.6 Å². The Morgan fingerprint density at radius 2 is 2.39 bits per heavy atom. The number of nitrogens with one attached hydrogen (secondary N) is 2. The largest absolute Gasteiger partial charge is 0.356 e. The first-order valence-corrected chi connectivity index (χ1v) is 7.26. The van der Waals surface area contributed by atoms with E-state index in [1.165, 1.54) is 18.4 Å². The lowest BCUT2D eigenvalue weighted by Gasteiger charge is -2.26. The van der Waals surface area contributed by atoms with Crippen molar-refractivity contribution in [3.8, 4) is 0 Å². The van der Waals surface area contributed by atoms with Gasteiger partial charge in [0.15, 0.2) is 0 Å². The van der Waals surface area contributed by atoms with Gasteiger partial charge in [0.1, 0.15) is 0 Å². The Balaban J connectivity index is 1.73. The number of rotatable bonds is 4. The Bertz CT molecular complexity index is 333. The van der Waals surface area contributed by atoms with Crippen LogP contribution in [0.4, 0.5) is 0 Å². The van der Waals surface area contributed by atoms with Crippen LogP contribution in [0.25, 0.3) is 0 Å². The predicted octanol–water partition coefficient (Wildman–Crippen LogP) is 2.24. The molecule has 1 unspecified atom stereocenters. The Hall–Kier alpha value is -0.830. The van der Waals surface area contributed by atoms with Crippen LogP contribution in [0.2, 0.25) is 0 Å². The van der Waals surface area contributed by atoms with Gasteiger partial charge >= 0.3 is 0 Å². The van der Waals surface area contributed by atoms with Crippen LogP contribution in [0.5, 0.6) is 0 Å². The zero-order chi connectivity index (χ0) is 13.0. The Morgan fingerprint density at radius 1 is 1.56 bits per heavy atom. The molecule has 1 fully saturated rings. The average Bonchev–Trinajstić information content (AvgIpc) is 2.70. The molecule has 0 aromatic rings. The van der Waals surface area contributed by atoms with Crippen molar-refractivity contribution in [3.05, 3.63) is 11.6 Å². The van der Waals surface area contributed by atoms with Crippen molar-refractivity contribution in [3.63, 3.8) is 0 Å². The van der Waals surface area contributed by atoms with E-state index in [2.05, 4.69) is 30.6 Å². The minimum absolute atomic E-state index is 0.193. The minimum atomic E-state index is 0.193. The minimum Gasteiger partial charge on any atom is -0.356 e. The molecule has 1 atom stereocenters. The molecule has 0 radical (unpaired) electrons. The fraction of sp³-hybridized carbons (Fsp3) is 0.800. The first-order valence-electron chi connectivity index (χ1n) is 7.26. The molecule has 0 spiro atoms. The maximum atomic E-state index is 12.2. The quantitative estimate of drug-likeness (QED) is 0.751. The Kier molecular flexibility index (Phi) is 4.44. The summed E-state index contributed by atoms with van der Waals surface area (Å²) in [6, 6.07) is 0. The van der Waals surface area contributed by atoms with Gasteiger partial charge in [0.05, 0.1) is 0 Å². The van der Waals surface area contributed by atoms with Gasteiger partial charge in [-0.1, -0.05) is 31.9 Å². The first kappa shape index (κ1) is 13.6. The highest BCUT2D eigenvalue weighted by molar-refractivity contribution is 5.79. The number of carbonyl (C=O) groups excluding carboxylic acids is 1. The highest BCUT2D eigenvalue weighted by Crippen LogP contribution is 2.42. The summed E-state index contributed by atoms with van der Waals surface area (Å²) in [6.07, 6.45) is 7.84. The second-order valence-electron chi connectivity index (χ2n) is 6.29. The third kappa shape index (κ3) is 3.35. The van der Waals surface area contributed by atoms with Crippen molar-refractivity contribution >= 4 is 5.91 Å². The maximum Gasteiger partial charge on any atom is 0.223 e. The van der Waals surface area contributed by atoms with Crippen LogP contribution >= 0.6 is 0 Å². The zero-order valence-corrected chi connectivity index (χ0v) is 11.7. The molecule has 0 saturated heterocycles. The molecular formula is C15H26N2O. The molecular weight excluding hydrogens is 224 g/mol. The van der Waals surface area contributed by atoms with Gasteiger partial charge in [-0.2, -0.15) is 0 Å². The molecule has 0 bridgehead atoms. The van der Waals surface area contributed by atoms with Crippen LogP contribution in [0.1, 0.15) is 46.0 Å². The van der Waals surface area contributed by atoms with Crippen LogP contribution in [0, 0.1) is 11.3 Å². The van der Waals surface area contributed by atoms with Gasteiger partial charge in [-0.25, -0.2) is 0 Å². The molecule has 3 nitrogen and oxygen atoms in total. The summed E-state index contributed by atoms with van der Waals surface area (Å²) < 4.78 is 0. The molecule has 1 amide bonds. The lowest BCUT2D eigenvalue weighted by Crippen LogP contribution is -2.36. The number of hydrogen-bond acceptors (Lipinski definition) is 2. The molecule has 1 aliphatic carbocycles. The summed E-state index contributed by atoms with van der Waals surface area (Å²) in [7, 11) is 0. The molecule has 2 rings (SSSR count). The molecule has 1 aliphatic heterocycles.